The third kappa shape index (κ3) is 5.03. The van der Waals surface area contributed by atoms with Crippen LogP contribution < -0.4 is 5.32 Å². The molecule has 1 aliphatic carbocycles. The topological polar surface area (TPSA) is 66.5 Å². The second kappa shape index (κ2) is 9.94. The lowest BCUT2D eigenvalue weighted by molar-refractivity contribution is 0.0939. The van der Waals surface area contributed by atoms with Crippen LogP contribution in [0.15, 0.2) is 41.3 Å². The van der Waals surface area contributed by atoms with E-state index in [9.17, 15) is 13.2 Å². The predicted octanol–water partition coefficient (Wildman–Crippen LogP) is 5.27. The van der Waals surface area contributed by atoms with E-state index >= 15 is 0 Å². The van der Waals surface area contributed by atoms with Crippen LogP contribution in [0, 0.1) is 0 Å². The molecule has 1 atom stereocenters. The van der Waals surface area contributed by atoms with Crippen LogP contribution in [-0.2, 0) is 22.9 Å². The Morgan fingerprint density at radius 2 is 1.62 bits per heavy atom. The van der Waals surface area contributed by atoms with Crippen LogP contribution in [0.5, 0.6) is 0 Å². The van der Waals surface area contributed by atoms with Gasteiger partial charge >= 0.3 is 0 Å². The van der Waals surface area contributed by atoms with Gasteiger partial charge in [0.2, 0.25) is 10.0 Å². The maximum atomic E-state index is 13.2. The van der Waals surface area contributed by atoms with E-state index in [0.717, 1.165) is 44.1 Å². The van der Waals surface area contributed by atoms with E-state index < -0.39 is 10.0 Å². The third-order valence-corrected chi connectivity index (χ3v) is 8.98. The molecular formula is C25H31ClN2O3S. The van der Waals surface area contributed by atoms with Gasteiger partial charge in [-0.1, -0.05) is 42.6 Å². The lowest BCUT2D eigenvalue weighted by atomic mass is 9.89. The predicted molar refractivity (Wildman–Crippen MR) is 128 cm³/mol. The van der Waals surface area contributed by atoms with Crippen LogP contribution in [0.2, 0.25) is 5.02 Å². The number of sulfonamides is 1. The number of nitrogens with one attached hydrogen (secondary N) is 1. The fraction of sp³-hybridized carbons (Fsp3) is 0.480. The van der Waals surface area contributed by atoms with Crippen molar-refractivity contribution in [3.05, 3.63) is 63.7 Å². The number of halogens is 1. The highest BCUT2D eigenvalue weighted by Crippen LogP contribution is 2.29. The molecule has 0 unspecified atom stereocenters. The van der Waals surface area contributed by atoms with Crippen LogP contribution in [0.3, 0.4) is 0 Å². The first-order valence-corrected chi connectivity index (χ1v) is 13.4. The molecule has 172 valence electrons. The molecule has 2 aromatic carbocycles. The average Bonchev–Trinajstić information content (AvgIpc) is 3.09. The van der Waals surface area contributed by atoms with Crippen molar-refractivity contribution in [1.29, 1.82) is 0 Å². The van der Waals surface area contributed by atoms with Gasteiger partial charge in [-0.25, -0.2) is 8.42 Å². The van der Waals surface area contributed by atoms with Crippen molar-refractivity contribution < 1.29 is 13.2 Å². The first-order valence-electron chi connectivity index (χ1n) is 11.6. The smallest absolute Gasteiger partial charge is 0.251 e. The number of fused-ring (bicyclic) bond motifs is 1. The molecule has 2 aromatic rings. The Morgan fingerprint density at radius 3 is 2.34 bits per heavy atom. The summed E-state index contributed by atoms with van der Waals surface area (Å²) in [5, 5.41) is 3.16. The van der Waals surface area contributed by atoms with Gasteiger partial charge in [0.05, 0.1) is 11.1 Å². The average molecular weight is 475 g/mol. The van der Waals surface area contributed by atoms with Gasteiger partial charge in [-0.05, 0) is 80.3 Å². The van der Waals surface area contributed by atoms with Gasteiger partial charge in [-0.2, -0.15) is 4.31 Å². The fourth-order valence-electron chi connectivity index (χ4n) is 4.65. The molecule has 32 heavy (non-hydrogen) atoms. The molecule has 0 radical (unpaired) electrons. The quantitative estimate of drug-likeness (QED) is 0.641. The number of carbonyl (C=O) groups is 1. The maximum absolute atomic E-state index is 13.2. The molecule has 1 heterocycles. The zero-order valence-corrected chi connectivity index (χ0v) is 20.1. The molecule has 0 spiro atoms. The molecule has 7 heteroatoms. The Morgan fingerprint density at radius 1 is 0.938 bits per heavy atom. The standard InChI is InChI=1S/C25H31ClN2O3S/c1-18(20-11-10-19-8-4-5-9-21(19)16-20)27-25(29)22-12-13-23(26)24(17-22)32(30,31)28-14-6-2-3-7-15-28/h10-13,16-18H,2-9,14-15H2,1H3,(H,27,29)/t18-/m0/s1. The van der Waals surface area contributed by atoms with Crippen LogP contribution in [0.25, 0.3) is 0 Å². The van der Waals surface area contributed by atoms with Crippen molar-refractivity contribution in [2.45, 2.75) is 69.2 Å². The molecule has 4 rings (SSSR count). The summed E-state index contributed by atoms with van der Waals surface area (Å²) in [6.45, 7) is 2.93. The van der Waals surface area contributed by atoms with Gasteiger partial charge in [0.1, 0.15) is 4.90 Å². The Balaban J connectivity index is 1.53. The molecule has 1 N–H and O–H groups in total. The van der Waals surface area contributed by atoms with Crippen molar-refractivity contribution in [1.82, 2.24) is 9.62 Å². The second-order valence-electron chi connectivity index (χ2n) is 8.89. The van der Waals surface area contributed by atoms with E-state index in [0.29, 0.717) is 18.7 Å². The van der Waals surface area contributed by atoms with E-state index in [2.05, 4.69) is 23.5 Å². The molecule has 5 nitrogen and oxygen atoms in total. The third-order valence-electron chi connectivity index (χ3n) is 6.60. The zero-order chi connectivity index (χ0) is 22.7. The number of hydrogen-bond donors (Lipinski definition) is 1. The molecule has 1 amide bonds. The lowest BCUT2D eigenvalue weighted by Crippen LogP contribution is -2.32. The second-order valence-corrected chi connectivity index (χ2v) is 11.2. The summed E-state index contributed by atoms with van der Waals surface area (Å²) in [5.74, 6) is -0.306. The summed E-state index contributed by atoms with van der Waals surface area (Å²) in [6, 6.07) is 10.8. The number of rotatable bonds is 5. The van der Waals surface area contributed by atoms with E-state index in [1.54, 1.807) is 6.07 Å². The lowest BCUT2D eigenvalue weighted by Gasteiger charge is -2.22. The molecule has 1 saturated heterocycles. The fourth-order valence-corrected chi connectivity index (χ4v) is 6.67. The Labute approximate surface area is 196 Å². The Bertz CT molecular complexity index is 1090. The Kier molecular flexibility index (Phi) is 7.23. The molecule has 0 aromatic heterocycles. The maximum Gasteiger partial charge on any atom is 0.251 e. The summed E-state index contributed by atoms with van der Waals surface area (Å²) >= 11 is 6.28. The number of nitrogens with zero attached hydrogens (tertiary/aromatic N) is 1. The summed E-state index contributed by atoms with van der Waals surface area (Å²) in [4.78, 5) is 13.0. The van der Waals surface area contributed by atoms with E-state index in [1.165, 1.54) is 40.4 Å². The van der Waals surface area contributed by atoms with Crippen LogP contribution in [0.1, 0.15) is 78.5 Å². The minimum atomic E-state index is -3.74. The summed E-state index contributed by atoms with van der Waals surface area (Å²) in [6.07, 6.45) is 8.39. The minimum Gasteiger partial charge on any atom is -0.346 e. The first-order chi connectivity index (χ1) is 15.4. The Hall–Kier alpha value is -1.89. The highest BCUT2D eigenvalue weighted by Gasteiger charge is 2.28. The SMILES string of the molecule is C[C@H](NC(=O)c1ccc(Cl)c(S(=O)(=O)N2CCCCCC2)c1)c1ccc2c(c1)CCCC2. The summed E-state index contributed by atoms with van der Waals surface area (Å²) in [5.41, 5.74) is 4.13. The number of hydrogen-bond acceptors (Lipinski definition) is 3. The van der Waals surface area contributed by atoms with Gasteiger partial charge in [-0.3, -0.25) is 4.79 Å². The normalized spacial score (nSPS) is 18.4. The zero-order valence-electron chi connectivity index (χ0n) is 18.6. The largest absolute Gasteiger partial charge is 0.346 e. The highest BCUT2D eigenvalue weighted by molar-refractivity contribution is 7.89. The molecule has 2 aliphatic rings. The van der Waals surface area contributed by atoms with Gasteiger partial charge in [0.15, 0.2) is 0 Å². The highest BCUT2D eigenvalue weighted by atomic mass is 35.5. The number of aryl methyl sites for hydroxylation is 2. The van der Waals surface area contributed by atoms with Crippen molar-refractivity contribution >= 4 is 27.5 Å². The van der Waals surface area contributed by atoms with Crippen molar-refractivity contribution in [2.24, 2.45) is 0 Å². The van der Waals surface area contributed by atoms with E-state index in [-0.39, 0.29) is 21.9 Å². The van der Waals surface area contributed by atoms with E-state index in [4.69, 9.17) is 11.6 Å². The van der Waals surface area contributed by atoms with Gasteiger partial charge in [0, 0.05) is 18.7 Å². The van der Waals surface area contributed by atoms with Crippen LogP contribution in [0.4, 0.5) is 0 Å². The van der Waals surface area contributed by atoms with Crippen molar-refractivity contribution in [2.75, 3.05) is 13.1 Å². The number of benzene rings is 2. The number of carbonyl (C=O) groups excluding carboxylic acids is 1. The monoisotopic (exact) mass is 474 g/mol. The summed E-state index contributed by atoms with van der Waals surface area (Å²) < 4.78 is 27.9. The van der Waals surface area contributed by atoms with Gasteiger partial charge < -0.3 is 5.32 Å². The van der Waals surface area contributed by atoms with Crippen molar-refractivity contribution in [3.8, 4) is 0 Å². The van der Waals surface area contributed by atoms with E-state index in [1.807, 2.05) is 6.92 Å². The molecule has 1 fully saturated rings. The van der Waals surface area contributed by atoms with Crippen molar-refractivity contribution in [3.63, 3.8) is 0 Å². The molecule has 0 saturated carbocycles. The molecular weight excluding hydrogens is 444 g/mol. The van der Waals surface area contributed by atoms with Gasteiger partial charge in [0.25, 0.3) is 5.91 Å². The molecule has 0 bridgehead atoms. The van der Waals surface area contributed by atoms with Gasteiger partial charge in [-0.15, -0.1) is 0 Å². The van der Waals surface area contributed by atoms with Crippen LogP contribution in [-0.4, -0.2) is 31.7 Å². The number of amides is 1. The van der Waals surface area contributed by atoms with Crippen LogP contribution >= 0.6 is 11.6 Å². The first kappa shape index (κ1) is 23.3. The molecule has 1 aliphatic heterocycles. The minimum absolute atomic E-state index is 0.00940. The summed E-state index contributed by atoms with van der Waals surface area (Å²) in [7, 11) is -3.74.